The molecule has 1 aromatic rings. The molecule has 1 aromatic carbocycles. The monoisotopic (exact) mass is 509 g/mol. The van der Waals surface area contributed by atoms with Gasteiger partial charge in [-0.05, 0) is 86.6 Å². The Morgan fingerprint density at radius 3 is 2.73 bits per heavy atom. The average molecular weight is 510 g/mol. The van der Waals surface area contributed by atoms with E-state index in [9.17, 15) is 4.79 Å². The van der Waals surface area contributed by atoms with Gasteiger partial charge in [-0.2, -0.15) is 0 Å². The number of hydrogen-bond acceptors (Lipinski definition) is 5. The normalized spacial score (nSPS) is 33.2. The van der Waals surface area contributed by atoms with Gasteiger partial charge >= 0.3 is 0 Å². The first-order valence-corrected chi connectivity index (χ1v) is 14.6. The Morgan fingerprint density at radius 1 is 1.19 bits per heavy atom. The molecule has 2 N–H and O–H groups in total. The molecular formula is C31H47N3O3. The van der Waals surface area contributed by atoms with Gasteiger partial charge in [-0.15, -0.1) is 0 Å². The van der Waals surface area contributed by atoms with E-state index in [1.165, 1.54) is 35.2 Å². The van der Waals surface area contributed by atoms with Crippen molar-refractivity contribution in [2.24, 2.45) is 17.3 Å². The van der Waals surface area contributed by atoms with Gasteiger partial charge < -0.3 is 20.1 Å². The van der Waals surface area contributed by atoms with E-state index in [4.69, 9.17) is 9.47 Å². The summed E-state index contributed by atoms with van der Waals surface area (Å²) in [4.78, 5) is 16.7. The summed E-state index contributed by atoms with van der Waals surface area (Å²) >= 11 is 0. The van der Waals surface area contributed by atoms with Crippen molar-refractivity contribution in [3.63, 3.8) is 0 Å². The smallest absolute Gasteiger partial charge is 0.229 e. The highest BCUT2D eigenvalue weighted by Gasteiger charge is 2.70. The van der Waals surface area contributed by atoms with Crippen LogP contribution in [0.2, 0.25) is 0 Å². The van der Waals surface area contributed by atoms with Crippen molar-refractivity contribution in [1.29, 1.82) is 0 Å². The number of carbonyl (C=O) groups excluding carboxylic acids is 1. The molecule has 2 bridgehead atoms. The minimum Gasteiger partial charge on any atom is -0.497 e. The van der Waals surface area contributed by atoms with Crippen molar-refractivity contribution >= 4 is 11.6 Å². The summed E-state index contributed by atoms with van der Waals surface area (Å²) in [6.07, 6.45) is 7.98. The van der Waals surface area contributed by atoms with E-state index in [-0.39, 0.29) is 23.3 Å². The number of ether oxygens (including phenoxy) is 2. The summed E-state index contributed by atoms with van der Waals surface area (Å²) < 4.78 is 11.1. The second-order valence-electron chi connectivity index (χ2n) is 11.8. The molecule has 5 unspecified atom stereocenters. The zero-order chi connectivity index (χ0) is 26.2. The molecule has 5 aliphatic rings. The molecule has 0 aromatic heterocycles. The fourth-order valence-corrected chi connectivity index (χ4v) is 7.90. The van der Waals surface area contributed by atoms with Gasteiger partial charge in [0.1, 0.15) is 5.75 Å². The molecule has 1 amide bonds. The van der Waals surface area contributed by atoms with Gasteiger partial charge in [-0.3, -0.25) is 9.69 Å². The van der Waals surface area contributed by atoms with Crippen LogP contribution in [0.1, 0.15) is 82.8 Å². The maximum Gasteiger partial charge on any atom is 0.229 e. The minimum absolute atomic E-state index is 0.216. The summed E-state index contributed by atoms with van der Waals surface area (Å²) in [5, 5.41) is 7.41. The van der Waals surface area contributed by atoms with Crippen LogP contribution in [0.25, 0.3) is 5.70 Å². The highest BCUT2D eigenvalue weighted by atomic mass is 16.5. The summed E-state index contributed by atoms with van der Waals surface area (Å²) in [6, 6.07) is 7.34. The van der Waals surface area contributed by atoms with Crippen LogP contribution in [0.5, 0.6) is 5.75 Å². The Labute approximate surface area is 223 Å². The molecule has 1 spiro atoms. The molecule has 0 radical (unpaired) electrons. The summed E-state index contributed by atoms with van der Waals surface area (Å²) in [7, 11) is 3.52. The molecule has 3 saturated heterocycles. The second kappa shape index (κ2) is 11.0. The molecule has 1 aliphatic carbocycles. The van der Waals surface area contributed by atoms with E-state index in [2.05, 4.69) is 54.5 Å². The lowest BCUT2D eigenvalue weighted by Crippen LogP contribution is -2.55. The standard InChI is InChI=1S/C31H47N3O3/c1-6-8-21(7-2)20(3)29-25-13-12-24(37-5)17-26(25)28-27-14-11-23-10-9-22(18-34(23)15-16-36-4)33-30(35)31(27,28)19-32-29/h12-13,17,21-23,27-28,32H,6-11,14-16,18-19H2,1-5H3,(H,33,35)/b29-20+/t21?,22?,23?,27-,28?,31?/m0/s1. The van der Waals surface area contributed by atoms with Crippen LogP contribution in [-0.2, 0) is 9.53 Å². The number of carbonyl (C=O) groups is 1. The minimum atomic E-state index is -0.384. The van der Waals surface area contributed by atoms with E-state index >= 15 is 0 Å². The number of rotatable bonds is 8. The van der Waals surface area contributed by atoms with Crippen molar-refractivity contribution in [3.8, 4) is 5.75 Å². The van der Waals surface area contributed by atoms with E-state index in [0.717, 1.165) is 57.6 Å². The van der Waals surface area contributed by atoms with E-state index in [1.807, 2.05) is 0 Å². The summed E-state index contributed by atoms with van der Waals surface area (Å²) in [6.45, 7) is 10.2. The Balaban J connectivity index is 1.53. The first-order valence-electron chi connectivity index (χ1n) is 14.6. The Morgan fingerprint density at radius 2 is 2.00 bits per heavy atom. The summed E-state index contributed by atoms with van der Waals surface area (Å²) in [5.74, 6) is 2.27. The van der Waals surface area contributed by atoms with Crippen molar-refractivity contribution in [1.82, 2.24) is 15.5 Å². The highest BCUT2D eigenvalue weighted by molar-refractivity contribution is 5.91. The van der Waals surface area contributed by atoms with E-state index < -0.39 is 0 Å². The molecule has 4 aliphatic heterocycles. The molecule has 6 atom stereocenters. The lowest BCUT2D eigenvalue weighted by atomic mass is 9.87. The number of nitrogens with one attached hydrogen (secondary N) is 2. The van der Waals surface area contributed by atoms with Gasteiger partial charge in [0, 0.05) is 56.0 Å². The highest BCUT2D eigenvalue weighted by Crippen LogP contribution is 2.69. The van der Waals surface area contributed by atoms with Gasteiger partial charge in [0.2, 0.25) is 5.91 Å². The van der Waals surface area contributed by atoms with Crippen LogP contribution in [0.3, 0.4) is 0 Å². The fraction of sp³-hybridized carbons (Fsp3) is 0.710. The average Bonchev–Trinajstić information content (AvgIpc) is 3.60. The van der Waals surface area contributed by atoms with Crippen molar-refractivity contribution in [2.75, 3.05) is 40.5 Å². The number of nitrogens with zero attached hydrogens (tertiary/aromatic N) is 1. The molecule has 4 heterocycles. The second-order valence-corrected chi connectivity index (χ2v) is 11.8. The van der Waals surface area contributed by atoms with Crippen LogP contribution in [0.15, 0.2) is 23.8 Å². The quantitative estimate of drug-likeness (QED) is 0.520. The van der Waals surface area contributed by atoms with Crippen molar-refractivity contribution in [3.05, 3.63) is 34.9 Å². The van der Waals surface area contributed by atoms with Gasteiger partial charge in [0.15, 0.2) is 0 Å². The SMILES string of the molecule is CCCC(CC)/C(C)=C1/NCC23C(=O)NC4CCC(CC[C@H]2C3c2cc(OC)ccc21)N(CCOC)C4. The molecule has 6 rings (SSSR count). The molecular weight excluding hydrogens is 462 g/mol. The number of amides is 1. The molecule has 1 saturated carbocycles. The Kier molecular flexibility index (Phi) is 7.88. The van der Waals surface area contributed by atoms with Gasteiger partial charge in [0.05, 0.1) is 19.1 Å². The first kappa shape index (κ1) is 26.6. The van der Waals surface area contributed by atoms with Crippen LogP contribution in [0, 0.1) is 17.3 Å². The fourth-order valence-electron chi connectivity index (χ4n) is 7.90. The zero-order valence-corrected chi connectivity index (χ0v) is 23.6. The van der Waals surface area contributed by atoms with Crippen LogP contribution < -0.4 is 15.4 Å². The van der Waals surface area contributed by atoms with Crippen LogP contribution in [0.4, 0.5) is 0 Å². The number of benzene rings is 1. The molecule has 6 nitrogen and oxygen atoms in total. The number of hydrogen-bond donors (Lipinski definition) is 2. The molecule has 4 fully saturated rings. The van der Waals surface area contributed by atoms with Crippen LogP contribution in [-0.4, -0.2) is 63.4 Å². The third kappa shape index (κ3) is 4.69. The predicted octanol–water partition coefficient (Wildman–Crippen LogP) is 4.94. The van der Waals surface area contributed by atoms with Gasteiger partial charge in [-0.1, -0.05) is 20.3 Å². The zero-order valence-electron chi connectivity index (χ0n) is 23.6. The third-order valence-electron chi connectivity index (χ3n) is 10.0. The molecule has 37 heavy (non-hydrogen) atoms. The van der Waals surface area contributed by atoms with E-state index in [0.29, 0.717) is 24.4 Å². The number of fused-ring (bicyclic) bond motifs is 6. The van der Waals surface area contributed by atoms with Crippen LogP contribution >= 0.6 is 0 Å². The molecule has 204 valence electrons. The largest absolute Gasteiger partial charge is 0.497 e. The number of piperidine rings is 1. The lowest BCUT2D eigenvalue weighted by molar-refractivity contribution is -0.128. The van der Waals surface area contributed by atoms with E-state index in [1.54, 1.807) is 14.2 Å². The van der Waals surface area contributed by atoms with Crippen molar-refractivity contribution in [2.45, 2.75) is 83.7 Å². The first-order chi connectivity index (χ1) is 18.0. The Bertz CT molecular complexity index is 1020. The van der Waals surface area contributed by atoms with Gasteiger partial charge in [-0.25, -0.2) is 0 Å². The molecule has 6 heteroatoms. The maximum atomic E-state index is 14.2. The third-order valence-corrected chi connectivity index (χ3v) is 10.0. The topological polar surface area (TPSA) is 62.8 Å². The lowest BCUT2D eigenvalue weighted by Gasteiger charge is -2.41. The number of allylic oxidation sites excluding steroid dienone is 1. The van der Waals surface area contributed by atoms with Crippen molar-refractivity contribution < 1.29 is 14.3 Å². The van der Waals surface area contributed by atoms with Gasteiger partial charge in [0.25, 0.3) is 0 Å². The Hall–Kier alpha value is -2.05. The maximum absolute atomic E-state index is 14.2. The predicted molar refractivity (Wildman–Crippen MR) is 149 cm³/mol. The number of methoxy groups -OCH3 is 2. The summed E-state index contributed by atoms with van der Waals surface area (Å²) in [5.41, 5.74) is 4.86.